The van der Waals surface area contributed by atoms with Gasteiger partial charge in [0.05, 0.1) is 24.1 Å². The summed E-state index contributed by atoms with van der Waals surface area (Å²) in [5, 5.41) is 0.0329. The Morgan fingerprint density at radius 3 is 2.58 bits per heavy atom. The third-order valence-corrected chi connectivity index (χ3v) is 5.34. The van der Waals surface area contributed by atoms with Crippen LogP contribution in [0.2, 0.25) is 0 Å². The fourth-order valence-electron chi connectivity index (χ4n) is 2.68. The molecule has 2 aromatic rings. The van der Waals surface area contributed by atoms with Crippen LogP contribution in [0.1, 0.15) is 28.7 Å². The van der Waals surface area contributed by atoms with Gasteiger partial charge in [0.25, 0.3) is 0 Å². The van der Waals surface area contributed by atoms with Gasteiger partial charge in [-0.1, -0.05) is 12.1 Å². The number of thioether (sulfide) groups is 1. The van der Waals surface area contributed by atoms with Crippen molar-refractivity contribution in [2.75, 3.05) is 24.7 Å². The van der Waals surface area contributed by atoms with Crippen LogP contribution in [0.4, 0.5) is 5.69 Å². The van der Waals surface area contributed by atoms with Crippen molar-refractivity contribution >= 4 is 23.4 Å². The van der Waals surface area contributed by atoms with Crippen LogP contribution >= 0.6 is 11.8 Å². The van der Waals surface area contributed by atoms with Crippen molar-refractivity contribution in [2.45, 2.75) is 25.3 Å². The Labute approximate surface area is 147 Å². The van der Waals surface area contributed by atoms with Crippen LogP contribution in [0, 0.1) is 6.92 Å². The van der Waals surface area contributed by atoms with Crippen molar-refractivity contribution in [1.82, 2.24) is 14.9 Å². The van der Waals surface area contributed by atoms with E-state index in [2.05, 4.69) is 39.1 Å². The van der Waals surface area contributed by atoms with Crippen LogP contribution < -0.4 is 4.90 Å². The number of nitrogens with zero attached hydrogens (tertiary/aromatic N) is 4. The summed E-state index contributed by atoms with van der Waals surface area (Å²) in [4.78, 5) is 25.2. The monoisotopic (exact) mass is 342 g/mol. The van der Waals surface area contributed by atoms with Crippen LogP contribution in [-0.4, -0.2) is 40.6 Å². The third kappa shape index (κ3) is 3.70. The van der Waals surface area contributed by atoms with Crippen molar-refractivity contribution in [1.29, 1.82) is 0 Å². The molecular formula is C18H22N4OS. The quantitative estimate of drug-likeness (QED) is 0.855. The Hall–Kier alpha value is -2.08. The first kappa shape index (κ1) is 16.8. The van der Waals surface area contributed by atoms with Crippen molar-refractivity contribution in [3.05, 3.63) is 53.6 Å². The largest absolute Gasteiger partial charge is 0.378 e. The molecular weight excluding hydrogens is 320 g/mol. The summed E-state index contributed by atoms with van der Waals surface area (Å²) < 4.78 is 0. The van der Waals surface area contributed by atoms with Crippen LogP contribution in [0.15, 0.2) is 36.7 Å². The maximum atomic E-state index is 12.5. The molecule has 1 aliphatic heterocycles. The highest BCUT2D eigenvalue weighted by Crippen LogP contribution is 2.38. The zero-order chi connectivity index (χ0) is 17.1. The molecule has 2 heterocycles. The van der Waals surface area contributed by atoms with Gasteiger partial charge in [0.1, 0.15) is 5.37 Å². The minimum Gasteiger partial charge on any atom is -0.378 e. The number of anilines is 1. The fourth-order valence-corrected chi connectivity index (χ4v) is 3.92. The molecule has 1 aromatic carbocycles. The van der Waals surface area contributed by atoms with E-state index in [-0.39, 0.29) is 11.3 Å². The summed E-state index contributed by atoms with van der Waals surface area (Å²) >= 11 is 1.81. The first-order chi connectivity index (χ1) is 11.5. The molecule has 1 aliphatic rings. The molecule has 3 rings (SSSR count). The summed E-state index contributed by atoms with van der Waals surface area (Å²) in [5.41, 5.74) is 4.01. The minimum atomic E-state index is 0.0329. The van der Waals surface area contributed by atoms with Gasteiger partial charge in [0.2, 0.25) is 5.91 Å². The molecule has 1 amide bonds. The first-order valence-electron chi connectivity index (χ1n) is 8.00. The zero-order valence-electron chi connectivity index (χ0n) is 14.3. The number of rotatable bonds is 4. The molecule has 0 radical (unpaired) electrons. The van der Waals surface area contributed by atoms with Crippen LogP contribution in [0.5, 0.6) is 0 Å². The van der Waals surface area contributed by atoms with Crippen molar-refractivity contribution in [3.63, 3.8) is 0 Å². The normalized spacial score (nSPS) is 17.9. The van der Waals surface area contributed by atoms with Crippen LogP contribution in [0.25, 0.3) is 0 Å². The van der Waals surface area contributed by atoms with E-state index in [0.29, 0.717) is 13.0 Å². The predicted octanol–water partition coefficient (Wildman–Crippen LogP) is 3.02. The molecule has 0 N–H and O–H groups in total. The van der Waals surface area contributed by atoms with Gasteiger partial charge in [-0.25, -0.2) is 0 Å². The van der Waals surface area contributed by atoms with Gasteiger partial charge in [0, 0.05) is 38.2 Å². The molecule has 0 spiro atoms. The lowest BCUT2D eigenvalue weighted by Gasteiger charge is -2.35. The maximum absolute atomic E-state index is 12.5. The van der Waals surface area contributed by atoms with Crippen LogP contribution in [0.3, 0.4) is 0 Å². The Morgan fingerprint density at radius 2 is 1.96 bits per heavy atom. The van der Waals surface area contributed by atoms with E-state index in [1.807, 2.05) is 37.7 Å². The Kier molecular flexibility index (Phi) is 5.04. The van der Waals surface area contributed by atoms with Crippen molar-refractivity contribution in [2.24, 2.45) is 0 Å². The van der Waals surface area contributed by atoms with E-state index < -0.39 is 0 Å². The molecule has 1 aromatic heterocycles. The Morgan fingerprint density at radius 1 is 1.21 bits per heavy atom. The van der Waals surface area contributed by atoms with E-state index in [1.54, 1.807) is 12.4 Å². The highest BCUT2D eigenvalue weighted by molar-refractivity contribution is 7.99. The second-order valence-corrected chi connectivity index (χ2v) is 7.32. The number of hydrogen-bond acceptors (Lipinski definition) is 5. The number of aromatic nitrogens is 2. The summed E-state index contributed by atoms with van der Waals surface area (Å²) in [6.07, 6.45) is 4.09. The van der Waals surface area contributed by atoms with Gasteiger partial charge in [-0.3, -0.25) is 14.8 Å². The molecule has 6 heteroatoms. The maximum Gasteiger partial charge on any atom is 0.224 e. The zero-order valence-corrected chi connectivity index (χ0v) is 15.1. The topological polar surface area (TPSA) is 49.3 Å². The summed E-state index contributed by atoms with van der Waals surface area (Å²) in [6.45, 7) is 2.41. The molecule has 0 bridgehead atoms. The van der Waals surface area contributed by atoms with Gasteiger partial charge in [-0.15, -0.1) is 11.8 Å². The number of carbonyl (C=O) groups excluding carboxylic acids is 1. The molecule has 1 atom stereocenters. The smallest absolute Gasteiger partial charge is 0.224 e. The van der Waals surface area contributed by atoms with E-state index in [9.17, 15) is 4.79 Å². The summed E-state index contributed by atoms with van der Waals surface area (Å²) in [5.74, 6) is 1.03. The number of benzene rings is 1. The Bertz CT molecular complexity index is 700. The van der Waals surface area contributed by atoms with Crippen molar-refractivity contribution in [3.8, 4) is 0 Å². The second-order valence-electron chi connectivity index (χ2n) is 6.13. The molecule has 1 unspecified atom stereocenters. The first-order valence-corrected chi connectivity index (χ1v) is 9.05. The minimum absolute atomic E-state index is 0.0329. The van der Waals surface area contributed by atoms with Crippen molar-refractivity contribution < 1.29 is 4.79 Å². The fraction of sp³-hybridized carbons (Fsp3) is 0.389. The third-order valence-electron chi connectivity index (χ3n) is 4.06. The Balaban J connectivity index is 1.83. The number of aryl methyl sites for hydroxylation is 1. The van der Waals surface area contributed by atoms with E-state index in [4.69, 9.17) is 0 Å². The molecule has 126 valence electrons. The number of amides is 1. The molecule has 0 aliphatic carbocycles. The molecule has 0 saturated carbocycles. The summed E-state index contributed by atoms with van der Waals surface area (Å²) in [7, 11) is 4.05. The highest BCUT2D eigenvalue weighted by Gasteiger charge is 2.30. The molecule has 1 saturated heterocycles. The van der Waals surface area contributed by atoms with Crippen LogP contribution in [-0.2, 0) is 11.3 Å². The summed E-state index contributed by atoms with van der Waals surface area (Å²) in [6, 6.07) is 8.41. The lowest BCUT2D eigenvalue weighted by molar-refractivity contribution is -0.132. The molecule has 1 fully saturated rings. The van der Waals surface area contributed by atoms with Gasteiger partial charge in [-0.05, 0) is 24.6 Å². The lowest BCUT2D eigenvalue weighted by Crippen LogP contribution is -2.37. The van der Waals surface area contributed by atoms with E-state index >= 15 is 0 Å². The average molecular weight is 342 g/mol. The number of carbonyl (C=O) groups is 1. The van der Waals surface area contributed by atoms with E-state index in [1.165, 1.54) is 0 Å². The SMILES string of the molecule is Cc1cnc(CN2C(=O)CCSC2c2ccc(N(C)C)cc2)cn1. The molecule has 24 heavy (non-hydrogen) atoms. The highest BCUT2D eigenvalue weighted by atomic mass is 32.2. The average Bonchev–Trinajstić information content (AvgIpc) is 2.58. The number of hydrogen-bond donors (Lipinski definition) is 0. The van der Waals surface area contributed by atoms with Gasteiger partial charge in [-0.2, -0.15) is 0 Å². The standard InChI is InChI=1S/C18H22N4OS/c1-13-10-20-15(11-19-13)12-22-17(23)8-9-24-18(22)14-4-6-16(7-5-14)21(2)3/h4-7,10-11,18H,8-9,12H2,1-3H3. The molecule has 5 nitrogen and oxygen atoms in total. The lowest BCUT2D eigenvalue weighted by atomic mass is 10.1. The van der Waals surface area contributed by atoms with Gasteiger partial charge in [0.15, 0.2) is 0 Å². The second kappa shape index (κ2) is 7.21. The predicted molar refractivity (Wildman–Crippen MR) is 97.9 cm³/mol. The van der Waals surface area contributed by atoms with E-state index in [0.717, 1.165) is 28.4 Å². The van der Waals surface area contributed by atoms with Gasteiger partial charge >= 0.3 is 0 Å². The van der Waals surface area contributed by atoms with Gasteiger partial charge < -0.3 is 9.80 Å².